The van der Waals surface area contributed by atoms with Crippen LogP contribution >= 0.6 is 0 Å². The van der Waals surface area contributed by atoms with Crippen molar-refractivity contribution >= 4 is 11.8 Å². The molecule has 2 fully saturated rings. The zero-order chi connectivity index (χ0) is 13.2. The second-order valence-corrected chi connectivity index (χ2v) is 5.33. The lowest BCUT2D eigenvalue weighted by molar-refractivity contribution is -0.135. The van der Waals surface area contributed by atoms with Crippen molar-refractivity contribution < 1.29 is 14.3 Å². The van der Waals surface area contributed by atoms with E-state index in [1.54, 1.807) is 0 Å². The van der Waals surface area contributed by atoms with Crippen molar-refractivity contribution in [1.29, 1.82) is 0 Å². The van der Waals surface area contributed by atoms with Gasteiger partial charge in [0.25, 0.3) is 0 Å². The van der Waals surface area contributed by atoms with E-state index in [4.69, 9.17) is 16.2 Å². The lowest BCUT2D eigenvalue weighted by Gasteiger charge is -2.42. The molecule has 0 aromatic rings. The Morgan fingerprint density at radius 3 is 2.50 bits per heavy atom. The van der Waals surface area contributed by atoms with Crippen molar-refractivity contribution in [3.8, 4) is 0 Å². The van der Waals surface area contributed by atoms with Gasteiger partial charge >= 0.3 is 0 Å². The Bertz CT molecular complexity index is 341. The zero-order valence-corrected chi connectivity index (χ0v) is 10.5. The number of nitrogens with two attached hydrogens (primary N) is 2. The van der Waals surface area contributed by atoms with Crippen molar-refractivity contribution in [2.75, 3.05) is 6.54 Å². The SMILES string of the molecule is NC[C@H]1CC[C@@H](C(=O)NC2(CC(N)=O)CCC2)O1. The largest absolute Gasteiger partial charge is 0.370 e. The highest BCUT2D eigenvalue weighted by molar-refractivity contribution is 5.83. The van der Waals surface area contributed by atoms with E-state index < -0.39 is 11.6 Å². The first-order valence-electron chi connectivity index (χ1n) is 6.50. The number of hydrogen-bond acceptors (Lipinski definition) is 4. The van der Waals surface area contributed by atoms with Gasteiger partial charge < -0.3 is 21.5 Å². The summed E-state index contributed by atoms with van der Waals surface area (Å²) in [5.41, 5.74) is 10.3. The first-order chi connectivity index (χ1) is 8.54. The van der Waals surface area contributed by atoms with Gasteiger partial charge in [-0.05, 0) is 32.1 Å². The summed E-state index contributed by atoms with van der Waals surface area (Å²) in [6, 6.07) is 0. The standard InChI is InChI=1S/C12H21N3O3/c13-7-8-2-3-9(18-8)11(17)15-12(4-1-5-12)6-10(14)16/h8-9H,1-7,13H2,(H2,14,16)(H,15,17)/t8-,9+/m1/s1. The van der Waals surface area contributed by atoms with Crippen molar-refractivity contribution in [3.63, 3.8) is 0 Å². The molecule has 6 heteroatoms. The molecule has 2 rings (SSSR count). The number of carbonyl (C=O) groups excluding carboxylic acids is 2. The summed E-state index contributed by atoms with van der Waals surface area (Å²) >= 11 is 0. The van der Waals surface area contributed by atoms with Gasteiger partial charge in [-0.25, -0.2) is 0 Å². The average molecular weight is 255 g/mol. The van der Waals surface area contributed by atoms with Gasteiger partial charge in [0, 0.05) is 18.5 Å². The molecule has 5 N–H and O–H groups in total. The van der Waals surface area contributed by atoms with E-state index in [1.807, 2.05) is 0 Å². The van der Waals surface area contributed by atoms with Crippen LogP contribution in [0.25, 0.3) is 0 Å². The Hall–Kier alpha value is -1.14. The molecule has 6 nitrogen and oxygen atoms in total. The van der Waals surface area contributed by atoms with Gasteiger partial charge in [-0.3, -0.25) is 9.59 Å². The fourth-order valence-corrected chi connectivity index (χ4v) is 2.70. The quantitative estimate of drug-likeness (QED) is 0.610. The van der Waals surface area contributed by atoms with E-state index >= 15 is 0 Å². The van der Waals surface area contributed by atoms with E-state index in [0.29, 0.717) is 13.0 Å². The smallest absolute Gasteiger partial charge is 0.249 e. The third-order valence-electron chi connectivity index (χ3n) is 3.87. The normalized spacial score (nSPS) is 29.6. The maximum atomic E-state index is 12.1. The second kappa shape index (κ2) is 5.24. The highest BCUT2D eigenvalue weighted by atomic mass is 16.5. The summed E-state index contributed by atoms with van der Waals surface area (Å²) in [6.07, 6.45) is 3.93. The van der Waals surface area contributed by atoms with Gasteiger partial charge in [0.2, 0.25) is 11.8 Å². The van der Waals surface area contributed by atoms with Crippen LogP contribution in [0.1, 0.15) is 38.5 Å². The topological polar surface area (TPSA) is 107 Å². The van der Waals surface area contributed by atoms with Crippen LogP contribution in [0.5, 0.6) is 0 Å². The molecular weight excluding hydrogens is 234 g/mol. The molecule has 18 heavy (non-hydrogen) atoms. The van der Waals surface area contributed by atoms with E-state index in [9.17, 15) is 9.59 Å². The van der Waals surface area contributed by atoms with Gasteiger partial charge in [-0.1, -0.05) is 0 Å². The Balaban J connectivity index is 1.88. The molecule has 0 spiro atoms. The van der Waals surface area contributed by atoms with Crippen LogP contribution in [0, 0.1) is 0 Å². The predicted molar refractivity (Wildman–Crippen MR) is 65.5 cm³/mol. The average Bonchev–Trinajstić information content (AvgIpc) is 2.73. The minimum absolute atomic E-state index is 0.0192. The van der Waals surface area contributed by atoms with Crippen LogP contribution in [0.4, 0.5) is 0 Å². The third kappa shape index (κ3) is 2.81. The monoisotopic (exact) mass is 255 g/mol. The number of ether oxygens (including phenoxy) is 1. The zero-order valence-electron chi connectivity index (χ0n) is 10.5. The summed E-state index contributed by atoms with van der Waals surface area (Å²) in [4.78, 5) is 23.1. The van der Waals surface area contributed by atoms with E-state index in [-0.39, 0.29) is 24.3 Å². The fourth-order valence-electron chi connectivity index (χ4n) is 2.70. The second-order valence-electron chi connectivity index (χ2n) is 5.33. The Morgan fingerprint density at radius 2 is 2.06 bits per heavy atom. The van der Waals surface area contributed by atoms with Crippen LogP contribution < -0.4 is 16.8 Å². The maximum Gasteiger partial charge on any atom is 0.249 e. The number of hydrogen-bond donors (Lipinski definition) is 3. The molecular formula is C12H21N3O3. The number of nitrogens with one attached hydrogen (secondary N) is 1. The van der Waals surface area contributed by atoms with Gasteiger partial charge in [-0.15, -0.1) is 0 Å². The molecule has 0 aromatic heterocycles. The summed E-state index contributed by atoms with van der Waals surface area (Å²) in [5, 5.41) is 2.94. The molecule has 1 aliphatic heterocycles. The predicted octanol–water partition coefficient (Wildman–Crippen LogP) is -0.593. The molecule has 1 heterocycles. The number of amides is 2. The van der Waals surface area contributed by atoms with Gasteiger partial charge in [0.05, 0.1) is 6.10 Å². The van der Waals surface area contributed by atoms with Crippen LogP contribution in [-0.4, -0.2) is 36.1 Å². The Labute approximate surface area is 106 Å². The molecule has 1 saturated heterocycles. The van der Waals surface area contributed by atoms with Gasteiger partial charge in [0.1, 0.15) is 6.10 Å². The lowest BCUT2D eigenvalue weighted by Crippen LogP contribution is -2.57. The minimum atomic E-state index is -0.427. The molecule has 0 radical (unpaired) electrons. The molecule has 0 bridgehead atoms. The number of carbonyl (C=O) groups is 2. The summed E-state index contributed by atoms with van der Waals surface area (Å²) in [7, 11) is 0. The Morgan fingerprint density at radius 1 is 1.33 bits per heavy atom. The third-order valence-corrected chi connectivity index (χ3v) is 3.87. The maximum absolute atomic E-state index is 12.1. The Kier molecular flexibility index (Phi) is 3.87. The first-order valence-corrected chi connectivity index (χ1v) is 6.50. The van der Waals surface area contributed by atoms with E-state index in [1.165, 1.54) is 0 Å². The molecule has 0 unspecified atom stereocenters. The van der Waals surface area contributed by atoms with Crippen LogP contribution in [0.15, 0.2) is 0 Å². The molecule has 102 valence electrons. The van der Waals surface area contributed by atoms with E-state index in [0.717, 1.165) is 25.7 Å². The molecule has 1 saturated carbocycles. The van der Waals surface area contributed by atoms with Crippen LogP contribution in [-0.2, 0) is 14.3 Å². The number of primary amides is 1. The van der Waals surface area contributed by atoms with Crippen molar-refractivity contribution in [2.45, 2.75) is 56.3 Å². The van der Waals surface area contributed by atoms with Crippen LogP contribution in [0.3, 0.4) is 0 Å². The van der Waals surface area contributed by atoms with Gasteiger partial charge in [0.15, 0.2) is 0 Å². The minimum Gasteiger partial charge on any atom is -0.370 e. The highest BCUT2D eigenvalue weighted by Crippen LogP contribution is 2.35. The van der Waals surface area contributed by atoms with Crippen molar-refractivity contribution in [2.24, 2.45) is 11.5 Å². The van der Waals surface area contributed by atoms with Gasteiger partial charge in [-0.2, -0.15) is 0 Å². The summed E-state index contributed by atoms with van der Waals surface area (Å²) < 4.78 is 5.54. The van der Waals surface area contributed by atoms with E-state index in [2.05, 4.69) is 5.32 Å². The number of rotatable bonds is 5. The highest BCUT2D eigenvalue weighted by Gasteiger charge is 2.42. The molecule has 2 atom stereocenters. The molecule has 1 aliphatic carbocycles. The lowest BCUT2D eigenvalue weighted by atomic mass is 9.74. The first kappa shape index (κ1) is 13.3. The molecule has 0 aromatic carbocycles. The summed E-state index contributed by atoms with van der Waals surface area (Å²) in [5.74, 6) is -0.505. The molecule has 2 amide bonds. The molecule has 2 aliphatic rings. The summed E-state index contributed by atoms with van der Waals surface area (Å²) in [6.45, 7) is 0.441. The van der Waals surface area contributed by atoms with Crippen molar-refractivity contribution in [3.05, 3.63) is 0 Å². The van der Waals surface area contributed by atoms with Crippen LogP contribution in [0.2, 0.25) is 0 Å². The fraction of sp³-hybridized carbons (Fsp3) is 0.833. The van der Waals surface area contributed by atoms with Crippen molar-refractivity contribution in [1.82, 2.24) is 5.32 Å².